The van der Waals surface area contributed by atoms with Crippen LogP contribution in [0.15, 0.2) is 18.2 Å². The lowest BCUT2D eigenvalue weighted by Crippen LogP contribution is -2.37. The van der Waals surface area contributed by atoms with Crippen LogP contribution in [-0.4, -0.2) is 24.4 Å². The molecule has 3 nitrogen and oxygen atoms in total. The maximum atomic E-state index is 12.3. The van der Waals surface area contributed by atoms with Crippen molar-refractivity contribution in [1.29, 1.82) is 0 Å². The highest BCUT2D eigenvalue weighted by Crippen LogP contribution is 2.46. The summed E-state index contributed by atoms with van der Waals surface area (Å²) in [6, 6.07) is 6.36. The number of nitrogens with two attached hydrogens (primary N) is 1. The molecule has 0 radical (unpaired) electrons. The zero-order valence-electron chi connectivity index (χ0n) is 11.5. The lowest BCUT2D eigenvalue weighted by atomic mass is 10.0. The summed E-state index contributed by atoms with van der Waals surface area (Å²) in [5, 5.41) is 0. The molecule has 98 valence electrons. The number of carbonyl (C=O) groups excluding carboxylic acids is 1. The van der Waals surface area contributed by atoms with E-state index in [2.05, 4.69) is 32.0 Å². The fraction of sp³-hybridized carbons (Fsp3) is 0.533. The Bertz CT molecular complexity index is 464. The Balaban J connectivity index is 2.07. The predicted molar refractivity (Wildman–Crippen MR) is 73.1 cm³/mol. The molecule has 1 aromatic carbocycles. The SMILES string of the molecule is Cc1ccc(CN(C)C(=O)C2(CN)CC2)c(C)c1. The average Bonchev–Trinajstić information content (AvgIpc) is 3.12. The first kappa shape index (κ1) is 13.1. The summed E-state index contributed by atoms with van der Waals surface area (Å²) in [4.78, 5) is 14.1. The van der Waals surface area contributed by atoms with Crippen molar-refractivity contribution in [2.45, 2.75) is 33.2 Å². The number of amides is 1. The van der Waals surface area contributed by atoms with Gasteiger partial charge in [-0.2, -0.15) is 0 Å². The third-order valence-electron chi connectivity index (χ3n) is 3.95. The van der Waals surface area contributed by atoms with Crippen LogP contribution in [0.3, 0.4) is 0 Å². The van der Waals surface area contributed by atoms with E-state index < -0.39 is 0 Å². The minimum absolute atomic E-state index is 0.199. The number of nitrogens with zero attached hydrogens (tertiary/aromatic N) is 1. The molecule has 1 aliphatic carbocycles. The van der Waals surface area contributed by atoms with Gasteiger partial charge >= 0.3 is 0 Å². The maximum Gasteiger partial charge on any atom is 0.230 e. The first-order valence-corrected chi connectivity index (χ1v) is 6.50. The van der Waals surface area contributed by atoms with Crippen LogP contribution in [0.1, 0.15) is 29.5 Å². The molecule has 0 spiro atoms. The van der Waals surface area contributed by atoms with Gasteiger partial charge in [0, 0.05) is 20.1 Å². The van der Waals surface area contributed by atoms with Crippen LogP contribution in [0.25, 0.3) is 0 Å². The van der Waals surface area contributed by atoms with Gasteiger partial charge < -0.3 is 10.6 Å². The van der Waals surface area contributed by atoms with Gasteiger partial charge in [0.2, 0.25) is 5.91 Å². The second kappa shape index (κ2) is 4.73. The third kappa shape index (κ3) is 2.41. The molecule has 1 aromatic rings. The van der Waals surface area contributed by atoms with Gasteiger partial charge in [-0.3, -0.25) is 4.79 Å². The van der Waals surface area contributed by atoms with Gasteiger partial charge in [-0.05, 0) is 37.8 Å². The van der Waals surface area contributed by atoms with Crippen LogP contribution >= 0.6 is 0 Å². The van der Waals surface area contributed by atoms with E-state index in [1.54, 1.807) is 0 Å². The Kier molecular flexibility index (Phi) is 3.44. The average molecular weight is 246 g/mol. The summed E-state index contributed by atoms with van der Waals surface area (Å²) in [6.07, 6.45) is 1.89. The Morgan fingerprint density at radius 2 is 2.06 bits per heavy atom. The van der Waals surface area contributed by atoms with Gasteiger partial charge in [0.25, 0.3) is 0 Å². The molecule has 0 aliphatic heterocycles. The molecule has 1 saturated carbocycles. The lowest BCUT2D eigenvalue weighted by molar-refractivity contribution is -0.135. The number of carbonyl (C=O) groups is 1. The van der Waals surface area contributed by atoms with E-state index in [-0.39, 0.29) is 11.3 Å². The van der Waals surface area contributed by atoms with Crippen molar-refractivity contribution in [2.24, 2.45) is 11.1 Å². The lowest BCUT2D eigenvalue weighted by Gasteiger charge is -2.23. The van der Waals surface area contributed by atoms with Gasteiger partial charge in [0.05, 0.1) is 5.41 Å². The van der Waals surface area contributed by atoms with Crippen molar-refractivity contribution < 1.29 is 4.79 Å². The third-order valence-corrected chi connectivity index (χ3v) is 3.95. The van der Waals surface area contributed by atoms with Crippen molar-refractivity contribution in [3.63, 3.8) is 0 Å². The molecule has 0 aromatic heterocycles. The van der Waals surface area contributed by atoms with E-state index in [0.717, 1.165) is 12.8 Å². The van der Waals surface area contributed by atoms with E-state index >= 15 is 0 Å². The Morgan fingerprint density at radius 3 is 2.56 bits per heavy atom. The Labute approximate surface area is 109 Å². The van der Waals surface area contributed by atoms with E-state index in [1.165, 1.54) is 16.7 Å². The summed E-state index contributed by atoms with van der Waals surface area (Å²) >= 11 is 0. The van der Waals surface area contributed by atoms with Gasteiger partial charge in [0.15, 0.2) is 0 Å². The summed E-state index contributed by atoms with van der Waals surface area (Å²) in [5.74, 6) is 0.199. The van der Waals surface area contributed by atoms with Gasteiger partial charge in [-0.1, -0.05) is 23.8 Å². The molecule has 0 saturated heterocycles. The molecule has 1 amide bonds. The van der Waals surface area contributed by atoms with Crippen LogP contribution in [0.2, 0.25) is 0 Å². The van der Waals surface area contributed by atoms with E-state index in [4.69, 9.17) is 5.73 Å². The highest BCUT2D eigenvalue weighted by Gasteiger charge is 2.49. The largest absolute Gasteiger partial charge is 0.341 e. The van der Waals surface area contributed by atoms with Gasteiger partial charge in [-0.25, -0.2) is 0 Å². The Morgan fingerprint density at radius 1 is 1.39 bits per heavy atom. The molecule has 0 atom stereocenters. The van der Waals surface area contributed by atoms with Crippen molar-refractivity contribution in [1.82, 2.24) is 4.90 Å². The fourth-order valence-corrected chi connectivity index (χ4v) is 2.41. The molecular formula is C15H22N2O. The van der Waals surface area contributed by atoms with Crippen molar-refractivity contribution in [3.05, 3.63) is 34.9 Å². The van der Waals surface area contributed by atoms with Gasteiger partial charge in [0.1, 0.15) is 0 Å². The number of benzene rings is 1. The minimum Gasteiger partial charge on any atom is -0.341 e. The zero-order valence-corrected chi connectivity index (χ0v) is 11.5. The maximum absolute atomic E-state index is 12.3. The number of hydrogen-bond donors (Lipinski definition) is 1. The second-order valence-electron chi connectivity index (χ2n) is 5.58. The quantitative estimate of drug-likeness (QED) is 0.883. The molecule has 0 unspecified atom stereocenters. The first-order valence-electron chi connectivity index (χ1n) is 6.50. The monoisotopic (exact) mass is 246 g/mol. The summed E-state index contributed by atoms with van der Waals surface area (Å²) < 4.78 is 0. The molecule has 0 heterocycles. The van der Waals surface area contributed by atoms with Crippen LogP contribution in [0.5, 0.6) is 0 Å². The molecule has 2 N–H and O–H groups in total. The van der Waals surface area contributed by atoms with Crippen molar-refractivity contribution >= 4 is 5.91 Å². The van der Waals surface area contributed by atoms with E-state index in [1.807, 2.05) is 11.9 Å². The van der Waals surface area contributed by atoms with E-state index in [0.29, 0.717) is 13.1 Å². The molecule has 3 heteroatoms. The molecule has 18 heavy (non-hydrogen) atoms. The topological polar surface area (TPSA) is 46.3 Å². The molecule has 2 rings (SSSR count). The van der Waals surface area contributed by atoms with Crippen LogP contribution < -0.4 is 5.73 Å². The van der Waals surface area contributed by atoms with Crippen LogP contribution in [0.4, 0.5) is 0 Å². The molecule has 1 aliphatic rings. The van der Waals surface area contributed by atoms with Crippen molar-refractivity contribution in [3.8, 4) is 0 Å². The fourth-order valence-electron chi connectivity index (χ4n) is 2.41. The van der Waals surface area contributed by atoms with Crippen LogP contribution in [0, 0.1) is 19.3 Å². The predicted octanol–water partition coefficient (Wildman–Crippen LogP) is 2.00. The van der Waals surface area contributed by atoms with E-state index in [9.17, 15) is 4.79 Å². The number of aryl methyl sites for hydroxylation is 2. The molecule has 0 bridgehead atoms. The molecule has 1 fully saturated rings. The van der Waals surface area contributed by atoms with Crippen LogP contribution in [-0.2, 0) is 11.3 Å². The highest BCUT2D eigenvalue weighted by molar-refractivity contribution is 5.85. The van der Waals surface area contributed by atoms with Gasteiger partial charge in [-0.15, -0.1) is 0 Å². The highest BCUT2D eigenvalue weighted by atomic mass is 16.2. The zero-order chi connectivity index (χ0) is 13.3. The molecular weight excluding hydrogens is 224 g/mol. The standard InChI is InChI=1S/C15H22N2O/c1-11-4-5-13(12(2)8-11)9-17(3)14(18)15(10-16)6-7-15/h4-5,8H,6-7,9-10,16H2,1-3H3. The summed E-state index contributed by atoms with van der Waals surface area (Å²) in [6.45, 7) is 5.32. The minimum atomic E-state index is -0.243. The summed E-state index contributed by atoms with van der Waals surface area (Å²) in [5.41, 5.74) is 9.17. The first-order chi connectivity index (χ1) is 8.48. The number of rotatable bonds is 4. The smallest absolute Gasteiger partial charge is 0.230 e. The Hall–Kier alpha value is -1.35. The number of hydrogen-bond acceptors (Lipinski definition) is 2. The normalized spacial score (nSPS) is 16.4. The summed E-state index contributed by atoms with van der Waals surface area (Å²) in [7, 11) is 1.87. The second-order valence-corrected chi connectivity index (χ2v) is 5.58. The van der Waals surface area contributed by atoms with Crippen molar-refractivity contribution in [2.75, 3.05) is 13.6 Å².